The maximum Gasteiger partial charge on any atom is 0.177 e. The first-order chi connectivity index (χ1) is 14.0. The number of nitrogens with one attached hydrogen (secondary N) is 1. The van der Waals surface area contributed by atoms with E-state index in [1.165, 1.54) is 17.2 Å². The number of phenolic OH excluding ortho intramolecular Hbond substituents is 1. The highest BCUT2D eigenvalue weighted by Crippen LogP contribution is 2.29. The van der Waals surface area contributed by atoms with E-state index < -0.39 is 37.3 Å². The van der Waals surface area contributed by atoms with E-state index >= 15 is 0 Å². The number of aliphatic hydroxyl groups excluding tert-OH is 4. The van der Waals surface area contributed by atoms with E-state index in [9.17, 15) is 25.5 Å². The molecule has 1 aliphatic heterocycles. The van der Waals surface area contributed by atoms with Crippen molar-refractivity contribution in [1.29, 1.82) is 0 Å². The number of aromatic hydroxyl groups is 1. The van der Waals surface area contributed by atoms with E-state index in [2.05, 4.69) is 19.9 Å². The fourth-order valence-electron chi connectivity index (χ4n) is 3.31. The number of nitrogens with zero attached hydrogens (tertiary/aromatic N) is 4. The van der Waals surface area contributed by atoms with Gasteiger partial charge in [-0.25, -0.2) is 9.97 Å². The molecule has 6 N–H and O–H groups in total. The molecule has 1 aromatic carbocycles. The fraction of sp³-hybridized carbons (Fsp3) is 0.389. The molecular weight excluding hydrogens is 382 g/mol. The Morgan fingerprint density at radius 3 is 2.66 bits per heavy atom. The van der Waals surface area contributed by atoms with Gasteiger partial charge < -0.3 is 35.3 Å². The molecule has 2 aromatic heterocycles. The first-order valence-corrected chi connectivity index (χ1v) is 8.99. The van der Waals surface area contributed by atoms with Gasteiger partial charge in [0.1, 0.15) is 42.0 Å². The highest BCUT2D eigenvalue weighted by molar-refractivity contribution is 5.68. The van der Waals surface area contributed by atoms with Crippen LogP contribution >= 0.6 is 0 Å². The monoisotopic (exact) mass is 403 g/mol. The van der Waals surface area contributed by atoms with Gasteiger partial charge in [0.2, 0.25) is 0 Å². The number of aliphatic hydroxyl groups is 4. The molecule has 3 heterocycles. The summed E-state index contributed by atoms with van der Waals surface area (Å²) >= 11 is 0. The predicted molar refractivity (Wildman–Crippen MR) is 98.3 cm³/mol. The van der Waals surface area contributed by atoms with Crippen molar-refractivity contribution in [3.05, 3.63) is 48.0 Å². The zero-order valence-corrected chi connectivity index (χ0v) is 15.2. The molecule has 154 valence electrons. The standard InChI is InChI=1S/C18H21N5O6/c24-6-11-13(26)14(27)15(28)18(29-11)23-8-22-16(12-17(23)21-7-20-12)19-5-9-3-1-2-4-10(9)25/h1-4,7-8,11,13-15,18,24-28H,5-6H2,(H,20,21)/t11-,13-,14+,15-,18?/m1/s1. The molecule has 1 unspecified atom stereocenters. The minimum Gasteiger partial charge on any atom is -0.508 e. The van der Waals surface area contributed by atoms with Gasteiger partial charge in [0.15, 0.2) is 17.4 Å². The Bertz CT molecular complexity index is 1060. The normalized spacial score (nSPS) is 28.1. The lowest BCUT2D eigenvalue weighted by Gasteiger charge is -2.40. The van der Waals surface area contributed by atoms with Crippen LogP contribution in [0.5, 0.6) is 5.75 Å². The largest absolute Gasteiger partial charge is 0.508 e. The van der Waals surface area contributed by atoms with E-state index in [1.54, 1.807) is 24.3 Å². The van der Waals surface area contributed by atoms with Crippen LogP contribution in [0.3, 0.4) is 0 Å². The third kappa shape index (κ3) is 3.50. The number of H-pyrrole nitrogens is 1. The van der Waals surface area contributed by atoms with Crippen molar-refractivity contribution in [2.45, 2.75) is 37.2 Å². The topological polar surface area (TPSA) is 169 Å². The molecule has 0 aliphatic carbocycles. The summed E-state index contributed by atoms with van der Waals surface area (Å²) in [4.78, 5) is 15.8. The lowest BCUT2D eigenvalue weighted by molar-refractivity contribution is -0.250. The highest BCUT2D eigenvalue weighted by atomic mass is 16.6. The molecule has 1 fully saturated rings. The minimum absolute atomic E-state index is 0.129. The summed E-state index contributed by atoms with van der Waals surface area (Å²) in [5.41, 5.74) is 1.77. The van der Waals surface area contributed by atoms with Gasteiger partial charge in [0.05, 0.1) is 19.5 Å². The molecule has 1 aliphatic rings. The summed E-state index contributed by atoms with van der Waals surface area (Å²) in [6.07, 6.45) is -3.85. The molecule has 0 spiro atoms. The second-order valence-corrected chi connectivity index (χ2v) is 6.74. The number of ether oxygens (including phenoxy) is 1. The van der Waals surface area contributed by atoms with Gasteiger partial charge in [-0.3, -0.25) is 9.56 Å². The number of hydrogen-bond donors (Lipinski definition) is 6. The van der Waals surface area contributed by atoms with E-state index in [0.717, 1.165) is 0 Å². The van der Waals surface area contributed by atoms with Crippen molar-refractivity contribution in [3.63, 3.8) is 0 Å². The van der Waals surface area contributed by atoms with Crippen LogP contribution in [0, 0.1) is 0 Å². The number of hydrogen-bond acceptors (Lipinski definition) is 9. The number of fused-ring (bicyclic) bond motifs is 1. The number of imidazole rings is 1. The van der Waals surface area contributed by atoms with Gasteiger partial charge in [-0.1, -0.05) is 18.2 Å². The van der Waals surface area contributed by atoms with Crippen molar-refractivity contribution in [3.8, 4) is 5.75 Å². The van der Waals surface area contributed by atoms with E-state index in [4.69, 9.17) is 4.74 Å². The second kappa shape index (κ2) is 7.89. The van der Waals surface area contributed by atoms with Gasteiger partial charge in [-0.15, -0.1) is 0 Å². The van der Waals surface area contributed by atoms with Gasteiger partial charge in [0, 0.05) is 5.56 Å². The van der Waals surface area contributed by atoms with Gasteiger partial charge in [-0.2, -0.15) is 0 Å². The first kappa shape index (κ1) is 19.5. The fourth-order valence-corrected chi connectivity index (χ4v) is 3.31. The van der Waals surface area contributed by atoms with Gasteiger partial charge in [-0.05, 0) is 6.07 Å². The Morgan fingerprint density at radius 2 is 1.90 bits per heavy atom. The summed E-state index contributed by atoms with van der Waals surface area (Å²) in [6.45, 7) is -0.342. The van der Waals surface area contributed by atoms with E-state index in [-0.39, 0.29) is 12.3 Å². The van der Waals surface area contributed by atoms with Crippen LogP contribution in [0.1, 0.15) is 11.8 Å². The number of rotatable bonds is 4. The Labute approximate surface area is 164 Å². The Hall–Kier alpha value is -2.83. The molecule has 0 bridgehead atoms. The molecule has 5 atom stereocenters. The van der Waals surface area contributed by atoms with Crippen LogP contribution in [0.15, 0.2) is 41.9 Å². The molecule has 0 amide bonds. The SMILES string of the molecule is OC[C@H]1OC(n2cnc(=NCc3ccccc3O)c3[nH]cnc32)[C@H](O)[C@@H](O)[C@@H]1O. The lowest BCUT2D eigenvalue weighted by atomic mass is 9.98. The molecular formula is C18H21N5O6. The minimum atomic E-state index is -1.52. The van der Waals surface area contributed by atoms with Crippen molar-refractivity contribution in [2.24, 2.45) is 4.99 Å². The van der Waals surface area contributed by atoms with Crippen LogP contribution in [-0.4, -0.2) is 76.1 Å². The smallest absolute Gasteiger partial charge is 0.177 e. The number of benzene rings is 1. The third-order valence-electron chi connectivity index (χ3n) is 4.92. The second-order valence-electron chi connectivity index (χ2n) is 6.74. The molecule has 0 radical (unpaired) electrons. The summed E-state index contributed by atoms with van der Waals surface area (Å²) in [6, 6.07) is 6.83. The molecule has 29 heavy (non-hydrogen) atoms. The zero-order valence-electron chi connectivity index (χ0n) is 15.2. The lowest BCUT2D eigenvalue weighted by Crippen LogP contribution is -2.56. The Kier molecular flexibility index (Phi) is 5.30. The summed E-state index contributed by atoms with van der Waals surface area (Å²) < 4.78 is 6.97. The van der Waals surface area contributed by atoms with Crippen LogP contribution in [0.25, 0.3) is 11.2 Å². The van der Waals surface area contributed by atoms with Crippen molar-refractivity contribution in [2.75, 3.05) is 6.61 Å². The molecule has 11 heteroatoms. The zero-order chi connectivity index (χ0) is 20.5. The third-order valence-corrected chi connectivity index (χ3v) is 4.92. The van der Waals surface area contributed by atoms with E-state index in [0.29, 0.717) is 22.2 Å². The molecule has 11 nitrogen and oxygen atoms in total. The molecule has 0 saturated carbocycles. The summed E-state index contributed by atoms with van der Waals surface area (Å²) in [5, 5.41) is 49.7. The van der Waals surface area contributed by atoms with Crippen molar-refractivity contribution < 1.29 is 30.3 Å². The quantitative estimate of drug-likeness (QED) is 0.307. The number of aromatic amines is 1. The average Bonchev–Trinajstić information content (AvgIpc) is 3.22. The Morgan fingerprint density at radius 1 is 1.10 bits per heavy atom. The van der Waals surface area contributed by atoms with Crippen molar-refractivity contribution in [1.82, 2.24) is 19.5 Å². The Balaban J connectivity index is 1.72. The maximum atomic E-state index is 10.4. The average molecular weight is 403 g/mol. The molecule has 4 rings (SSSR count). The number of aromatic nitrogens is 4. The van der Waals surface area contributed by atoms with E-state index in [1.807, 2.05) is 0 Å². The summed E-state index contributed by atoms with van der Waals surface area (Å²) in [5.74, 6) is 0.129. The maximum absolute atomic E-state index is 10.4. The van der Waals surface area contributed by atoms with Gasteiger partial charge in [0.25, 0.3) is 0 Å². The number of para-hydroxylation sites is 1. The highest BCUT2D eigenvalue weighted by Gasteiger charge is 2.44. The van der Waals surface area contributed by atoms with Crippen LogP contribution < -0.4 is 5.49 Å². The molecule has 1 saturated heterocycles. The molecule has 3 aromatic rings. The summed E-state index contributed by atoms with van der Waals surface area (Å²) in [7, 11) is 0. The van der Waals surface area contributed by atoms with Crippen molar-refractivity contribution >= 4 is 11.2 Å². The van der Waals surface area contributed by atoms with Gasteiger partial charge >= 0.3 is 0 Å². The van der Waals surface area contributed by atoms with Crippen LogP contribution in [0.2, 0.25) is 0 Å². The van der Waals surface area contributed by atoms with Crippen LogP contribution in [0.4, 0.5) is 0 Å². The predicted octanol–water partition coefficient (Wildman–Crippen LogP) is -1.46. The van der Waals surface area contributed by atoms with Crippen LogP contribution in [-0.2, 0) is 11.3 Å². The number of phenols is 1. The first-order valence-electron chi connectivity index (χ1n) is 8.99.